The van der Waals surface area contributed by atoms with E-state index in [-0.39, 0.29) is 16.6 Å². The van der Waals surface area contributed by atoms with Gasteiger partial charge >= 0.3 is 0 Å². The van der Waals surface area contributed by atoms with Crippen molar-refractivity contribution in [1.29, 1.82) is 0 Å². The van der Waals surface area contributed by atoms with E-state index in [0.29, 0.717) is 0 Å². The standard InChI is InChI=1S/C10H20NO6P/c1-8(2)9(12)10(16-6,7-11(3,4)5)17-18(13,14)15/h1,7H2,2-6H3,(H-,13,14,15). The lowest BCUT2D eigenvalue weighted by Crippen LogP contribution is -2.56. The zero-order valence-corrected chi connectivity index (χ0v) is 12.2. The van der Waals surface area contributed by atoms with Gasteiger partial charge in [0.05, 0.1) is 21.1 Å². The number of carbonyl (C=O) groups excluding carboxylic acids is 1. The van der Waals surface area contributed by atoms with Gasteiger partial charge in [0.1, 0.15) is 6.54 Å². The summed E-state index contributed by atoms with van der Waals surface area (Å²) in [5, 5.41) is 0. The van der Waals surface area contributed by atoms with Gasteiger partial charge in [-0.1, -0.05) is 6.58 Å². The quantitative estimate of drug-likeness (QED) is 0.297. The summed E-state index contributed by atoms with van der Waals surface area (Å²) < 4.78 is 20.5. The number of hydrogen-bond acceptors (Lipinski definition) is 5. The summed E-state index contributed by atoms with van der Waals surface area (Å²) in [7, 11) is 1.16. The van der Waals surface area contributed by atoms with Gasteiger partial charge in [0.15, 0.2) is 0 Å². The fourth-order valence-corrected chi connectivity index (χ4v) is 2.06. The number of hydrogen-bond donors (Lipinski definition) is 1. The minimum absolute atomic E-state index is 0.0683. The van der Waals surface area contributed by atoms with Crippen molar-refractivity contribution in [2.45, 2.75) is 12.7 Å². The Morgan fingerprint density at radius 3 is 2.17 bits per heavy atom. The number of phosphoric ester groups is 1. The zero-order chi connectivity index (χ0) is 14.8. The molecule has 0 radical (unpaired) electrons. The van der Waals surface area contributed by atoms with Crippen LogP contribution in [0.2, 0.25) is 0 Å². The summed E-state index contributed by atoms with van der Waals surface area (Å²) in [5.74, 6) is -2.83. The lowest BCUT2D eigenvalue weighted by atomic mass is 10.1. The Bertz CT molecular complexity index is 382. The first-order valence-corrected chi connectivity index (χ1v) is 6.63. The van der Waals surface area contributed by atoms with Crippen LogP contribution in [-0.2, 0) is 18.6 Å². The number of ketones is 1. The van der Waals surface area contributed by atoms with Crippen LogP contribution in [0.1, 0.15) is 6.92 Å². The topological polar surface area (TPSA) is 95.9 Å². The second-order valence-corrected chi connectivity index (χ2v) is 6.19. The number of likely N-dealkylation sites (N-methyl/N-ethyl adjacent to an activating group) is 1. The van der Waals surface area contributed by atoms with E-state index in [2.05, 4.69) is 11.1 Å². The largest absolute Gasteiger partial charge is 0.756 e. The Morgan fingerprint density at radius 2 is 1.94 bits per heavy atom. The van der Waals surface area contributed by atoms with Gasteiger partial charge in [0, 0.05) is 7.11 Å². The van der Waals surface area contributed by atoms with Crippen LogP contribution >= 0.6 is 7.82 Å². The van der Waals surface area contributed by atoms with Gasteiger partial charge in [-0.2, -0.15) is 0 Å². The van der Waals surface area contributed by atoms with E-state index in [1.165, 1.54) is 6.92 Å². The Hall–Kier alpha value is -0.560. The lowest BCUT2D eigenvalue weighted by Gasteiger charge is -2.38. The second-order valence-electron chi connectivity index (χ2n) is 5.07. The van der Waals surface area contributed by atoms with E-state index in [0.717, 1.165) is 7.11 Å². The van der Waals surface area contributed by atoms with Crippen LogP contribution in [-0.4, -0.2) is 55.7 Å². The Balaban J connectivity index is 5.55. The smallest absolute Gasteiger partial charge is 0.290 e. The molecule has 0 amide bonds. The number of carbonyl (C=O) groups is 1. The highest BCUT2D eigenvalue weighted by Crippen LogP contribution is 2.39. The van der Waals surface area contributed by atoms with Gasteiger partial charge in [0.25, 0.3) is 13.6 Å². The van der Waals surface area contributed by atoms with E-state index in [1.807, 2.05) is 0 Å². The molecule has 0 aromatic heterocycles. The molecule has 1 N–H and O–H groups in total. The number of rotatable bonds is 7. The van der Waals surface area contributed by atoms with Crippen LogP contribution < -0.4 is 4.89 Å². The molecule has 0 fully saturated rings. The number of quaternary nitrogens is 1. The van der Waals surface area contributed by atoms with Gasteiger partial charge in [0.2, 0.25) is 5.78 Å². The van der Waals surface area contributed by atoms with Crippen molar-refractivity contribution in [3.63, 3.8) is 0 Å². The molecule has 0 aromatic rings. The molecule has 7 nitrogen and oxygen atoms in total. The fourth-order valence-electron chi connectivity index (χ4n) is 1.47. The van der Waals surface area contributed by atoms with Gasteiger partial charge in [-0.05, 0) is 12.5 Å². The van der Waals surface area contributed by atoms with Crippen LogP contribution in [0, 0.1) is 0 Å². The summed E-state index contributed by atoms with van der Waals surface area (Å²) in [6, 6.07) is 0. The summed E-state index contributed by atoms with van der Waals surface area (Å²) in [6.07, 6.45) is 0. The highest BCUT2D eigenvalue weighted by atomic mass is 31.2. The van der Waals surface area contributed by atoms with Crippen molar-refractivity contribution in [2.75, 3.05) is 34.8 Å². The van der Waals surface area contributed by atoms with Crippen molar-refractivity contribution in [2.24, 2.45) is 0 Å². The maximum absolute atomic E-state index is 12.0. The number of methoxy groups -OCH3 is 1. The molecule has 0 saturated heterocycles. The molecular formula is C10H20NO6P. The number of nitrogens with zero attached hydrogens (tertiary/aromatic N) is 1. The van der Waals surface area contributed by atoms with Gasteiger partial charge < -0.3 is 19.0 Å². The SMILES string of the molecule is C=C(C)C(=O)C(C[N+](C)(C)C)(OC)OP(=O)([O-])O. The maximum Gasteiger partial charge on any atom is 0.290 e. The fraction of sp³-hybridized carbons (Fsp3) is 0.700. The van der Waals surface area contributed by atoms with Gasteiger partial charge in [-0.15, -0.1) is 0 Å². The third-order valence-corrected chi connectivity index (χ3v) is 2.53. The van der Waals surface area contributed by atoms with Gasteiger partial charge in [-0.25, -0.2) is 0 Å². The van der Waals surface area contributed by atoms with E-state index >= 15 is 0 Å². The predicted octanol–water partition coefficient (Wildman–Crippen LogP) is -0.342. The Kier molecular flexibility index (Phi) is 5.43. The second kappa shape index (κ2) is 5.61. The molecule has 0 bridgehead atoms. The monoisotopic (exact) mass is 281 g/mol. The molecule has 2 atom stereocenters. The molecule has 18 heavy (non-hydrogen) atoms. The first-order valence-electron chi connectivity index (χ1n) is 5.13. The Morgan fingerprint density at radius 1 is 1.50 bits per heavy atom. The summed E-state index contributed by atoms with van der Waals surface area (Å²) >= 11 is 0. The van der Waals surface area contributed by atoms with Crippen LogP contribution in [0.15, 0.2) is 12.2 Å². The van der Waals surface area contributed by atoms with Crippen molar-refractivity contribution in [1.82, 2.24) is 0 Å². The third kappa shape index (κ3) is 5.39. The molecule has 0 rings (SSSR count). The number of Topliss-reactive ketones (excluding diaryl/α,β-unsaturated/α-hetero) is 1. The average Bonchev–Trinajstić information content (AvgIpc) is 2.10. The van der Waals surface area contributed by atoms with Crippen molar-refractivity contribution in [3.05, 3.63) is 12.2 Å². The molecule has 0 aliphatic heterocycles. The molecule has 8 heteroatoms. The molecule has 0 aliphatic carbocycles. The number of ether oxygens (including phenoxy) is 1. The molecular weight excluding hydrogens is 261 g/mol. The van der Waals surface area contributed by atoms with Crippen molar-refractivity contribution >= 4 is 13.6 Å². The summed E-state index contributed by atoms with van der Waals surface area (Å²) in [6.45, 7) is 4.73. The van der Waals surface area contributed by atoms with Crippen molar-refractivity contribution in [3.8, 4) is 0 Å². The molecule has 106 valence electrons. The normalized spacial score (nSPS) is 18.8. The third-order valence-electron chi connectivity index (χ3n) is 2.01. The highest BCUT2D eigenvalue weighted by molar-refractivity contribution is 7.44. The molecule has 0 spiro atoms. The molecule has 0 saturated carbocycles. The van der Waals surface area contributed by atoms with Crippen LogP contribution in [0.25, 0.3) is 0 Å². The predicted molar refractivity (Wildman–Crippen MR) is 63.4 cm³/mol. The minimum atomic E-state index is -5.13. The van der Waals surface area contributed by atoms with E-state index < -0.39 is 19.4 Å². The van der Waals surface area contributed by atoms with Crippen molar-refractivity contribution < 1.29 is 32.9 Å². The van der Waals surface area contributed by atoms with E-state index in [4.69, 9.17) is 9.63 Å². The van der Waals surface area contributed by atoms with E-state index in [1.54, 1.807) is 21.1 Å². The maximum atomic E-state index is 12.0. The Labute approximate surface area is 107 Å². The molecule has 0 heterocycles. The lowest BCUT2D eigenvalue weighted by molar-refractivity contribution is -0.878. The highest BCUT2D eigenvalue weighted by Gasteiger charge is 2.47. The van der Waals surface area contributed by atoms with Crippen LogP contribution in [0.5, 0.6) is 0 Å². The van der Waals surface area contributed by atoms with Crippen LogP contribution in [0.4, 0.5) is 0 Å². The summed E-state index contributed by atoms with van der Waals surface area (Å²) in [4.78, 5) is 31.8. The zero-order valence-electron chi connectivity index (χ0n) is 11.3. The summed E-state index contributed by atoms with van der Waals surface area (Å²) in [5.41, 5.74) is 0.0683. The molecule has 0 aromatic carbocycles. The van der Waals surface area contributed by atoms with E-state index in [9.17, 15) is 14.3 Å². The van der Waals surface area contributed by atoms with Gasteiger partial charge in [-0.3, -0.25) is 13.9 Å². The van der Waals surface area contributed by atoms with Crippen LogP contribution in [0.3, 0.4) is 0 Å². The first-order chi connectivity index (χ1) is 7.83. The number of phosphoric acid groups is 1. The molecule has 0 aliphatic rings. The first kappa shape index (κ1) is 17.4. The average molecular weight is 281 g/mol. The minimum Gasteiger partial charge on any atom is -0.756 e. The molecule has 2 unspecified atom stereocenters.